The molecule has 1 atom stereocenters. The fourth-order valence-corrected chi connectivity index (χ4v) is 3.77. The maximum atomic E-state index is 13.2. The molecule has 1 unspecified atom stereocenters. The molecule has 0 aromatic heterocycles. The Hall–Kier alpha value is -3.66. The van der Waals surface area contributed by atoms with Crippen molar-refractivity contribution in [2.24, 2.45) is 16.2 Å². The maximum Gasteiger partial charge on any atom is 0.249 e. The summed E-state index contributed by atoms with van der Waals surface area (Å²) in [4.78, 5) is 15.1. The van der Waals surface area contributed by atoms with Crippen molar-refractivity contribution in [1.82, 2.24) is 4.90 Å². The summed E-state index contributed by atoms with van der Waals surface area (Å²) >= 11 is 0. The second kappa shape index (κ2) is 10.4. The topological polar surface area (TPSA) is 107 Å². The molecular weight excluding hydrogens is 388 g/mol. The average molecular weight is 417 g/mol. The molecule has 1 aliphatic rings. The van der Waals surface area contributed by atoms with Gasteiger partial charge >= 0.3 is 0 Å². The highest BCUT2D eigenvalue weighted by Gasteiger charge is 2.24. The number of anilines is 1. The van der Waals surface area contributed by atoms with Crippen LogP contribution in [0.1, 0.15) is 44.2 Å². The van der Waals surface area contributed by atoms with Gasteiger partial charge in [-0.05, 0) is 53.8 Å². The van der Waals surface area contributed by atoms with Gasteiger partial charge in [-0.15, -0.1) is 5.11 Å². The molecular formula is C24H28N6O. The predicted molar refractivity (Wildman–Crippen MR) is 123 cm³/mol. The molecule has 2 aromatic rings. The number of nitrogens with two attached hydrogens (primary N) is 1. The van der Waals surface area contributed by atoms with Crippen LogP contribution in [0.5, 0.6) is 0 Å². The Kier molecular flexibility index (Phi) is 7.39. The summed E-state index contributed by atoms with van der Waals surface area (Å²) in [6.07, 6.45) is 3.74. The molecule has 2 aromatic carbocycles. The fourth-order valence-electron chi connectivity index (χ4n) is 3.77. The fraction of sp³-hybridized carbons (Fsp3) is 0.333. The van der Waals surface area contributed by atoms with Crippen molar-refractivity contribution in [2.75, 3.05) is 18.4 Å². The number of nitrogens with one attached hydrogen (secondary N) is 1. The van der Waals surface area contributed by atoms with E-state index in [-0.39, 0.29) is 5.91 Å². The Morgan fingerprint density at radius 2 is 1.84 bits per heavy atom. The van der Waals surface area contributed by atoms with Crippen molar-refractivity contribution < 1.29 is 4.79 Å². The monoisotopic (exact) mass is 416 g/mol. The number of hydrogen-bond acceptors (Lipinski definition) is 5. The van der Waals surface area contributed by atoms with Crippen molar-refractivity contribution in [1.29, 1.82) is 5.26 Å². The minimum atomic E-state index is -0.428. The average Bonchev–Trinajstić information content (AvgIpc) is 2.97. The summed E-state index contributed by atoms with van der Waals surface area (Å²) < 4.78 is 0. The smallest absolute Gasteiger partial charge is 0.249 e. The van der Waals surface area contributed by atoms with E-state index in [0.29, 0.717) is 17.6 Å². The summed E-state index contributed by atoms with van der Waals surface area (Å²) in [7, 11) is 0. The minimum absolute atomic E-state index is 0.0340. The van der Waals surface area contributed by atoms with Crippen molar-refractivity contribution in [3.05, 3.63) is 59.2 Å². The van der Waals surface area contributed by atoms with E-state index in [1.807, 2.05) is 41.3 Å². The van der Waals surface area contributed by atoms with Gasteiger partial charge in [0.15, 0.2) is 0 Å². The molecule has 3 N–H and O–H groups in total. The van der Waals surface area contributed by atoms with E-state index >= 15 is 0 Å². The number of carbonyl (C=O) groups is 1. The van der Waals surface area contributed by atoms with E-state index < -0.39 is 6.17 Å². The van der Waals surface area contributed by atoms with Crippen LogP contribution in [0.4, 0.5) is 5.69 Å². The second-order valence-electron chi connectivity index (χ2n) is 7.55. The zero-order valence-electron chi connectivity index (χ0n) is 18.0. The van der Waals surface area contributed by atoms with E-state index in [0.717, 1.165) is 48.3 Å². The third-order valence-electron chi connectivity index (χ3n) is 5.22. The highest BCUT2D eigenvalue weighted by Crippen LogP contribution is 2.32. The number of hydrogen-bond donors (Lipinski definition) is 2. The quantitative estimate of drug-likeness (QED) is 0.387. The molecule has 0 radical (unpaired) electrons. The Morgan fingerprint density at radius 3 is 2.45 bits per heavy atom. The standard InChI is InChI=1S/C24H28N6O/c1-3-11-30(12-4-2)24(31)21-13-20-10-9-19(18-7-5-17(16-25)6-8-18)14-22(20)27-23(15-21)28-29-26/h5-10,13-14,23,27H,3-4,11-12,15H2,1-2H3,(H2,26,28). The highest BCUT2D eigenvalue weighted by molar-refractivity contribution is 5.99. The van der Waals surface area contributed by atoms with E-state index in [4.69, 9.17) is 11.1 Å². The Morgan fingerprint density at radius 1 is 1.16 bits per heavy atom. The van der Waals surface area contributed by atoms with Crippen LogP contribution < -0.4 is 11.2 Å². The lowest BCUT2D eigenvalue weighted by Gasteiger charge is -2.23. The van der Waals surface area contributed by atoms with Gasteiger partial charge in [0.05, 0.1) is 11.6 Å². The van der Waals surface area contributed by atoms with Gasteiger partial charge in [0.25, 0.3) is 0 Å². The van der Waals surface area contributed by atoms with E-state index in [1.54, 1.807) is 12.1 Å². The first-order chi connectivity index (χ1) is 15.1. The maximum absolute atomic E-state index is 13.2. The Bertz CT molecular complexity index is 1010. The number of nitrogens with zero attached hydrogens (tertiary/aromatic N) is 4. The molecule has 3 rings (SSSR count). The van der Waals surface area contributed by atoms with Crippen LogP contribution >= 0.6 is 0 Å². The van der Waals surface area contributed by atoms with Crippen LogP contribution in [0.3, 0.4) is 0 Å². The number of benzene rings is 2. The normalized spacial score (nSPS) is 15.4. The van der Waals surface area contributed by atoms with Crippen LogP contribution in [0.15, 0.2) is 58.4 Å². The molecule has 1 amide bonds. The van der Waals surface area contributed by atoms with Crippen LogP contribution in [-0.4, -0.2) is 30.1 Å². The van der Waals surface area contributed by atoms with Crippen LogP contribution in [0.2, 0.25) is 0 Å². The van der Waals surface area contributed by atoms with E-state index in [9.17, 15) is 4.79 Å². The van der Waals surface area contributed by atoms with Crippen molar-refractivity contribution in [3.8, 4) is 17.2 Å². The Balaban J connectivity index is 1.99. The first-order valence-corrected chi connectivity index (χ1v) is 10.6. The third-order valence-corrected chi connectivity index (χ3v) is 5.22. The predicted octanol–water partition coefficient (Wildman–Crippen LogP) is 4.72. The number of fused-ring (bicyclic) bond motifs is 1. The van der Waals surface area contributed by atoms with Crippen molar-refractivity contribution in [2.45, 2.75) is 39.3 Å². The van der Waals surface area contributed by atoms with Gasteiger partial charge in [-0.25, -0.2) is 0 Å². The van der Waals surface area contributed by atoms with Gasteiger partial charge in [-0.2, -0.15) is 5.26 Å². The molecule has 0 spiro atoms. The highest BCUT2D eigenvalue weighted by atomic mass is 16.2. The van der Waals surface area contributed by atoms with Crippen LogP contribution in [0.25, 0.3) is 17.2 Å². The lowest BCUT2D eigenvalue weighted by atomic mass is 10.00. The third kappa shape index (κ3) is 5.28. The summed E-state index contributed by atoms with van der Waals surface area (Å²) in [5, 5.41) is 19.9. The number of carbonyl (C=O) groups excluding carboxylic acids is 1. The van der Waals surface area contributed by atoms with Gasteiger partial charge in [-0.3, -0.25) is 4.79 Å². The molecule has 7 heteroatoms. The number of amides is 1. The lowest BCUT2D eigenvalue weighted by molar-refractivity contribution is -0.127. The minimum Gasteiger partial charge on any atom is -0.361 e. The van der Waals surface area contributed by atoms with Gasteiger partial charge in [0.1, 0.15) is 6.17 Å². The van der Waals surface area contributed by atoms with Gasteiger partial charge in [-0.1, -0.05) is 43.3 Å². The molecule has 0 fully saturated rings. The summed E-state index contributed by atoms with van der Waals surface area (Å²) in [5.41, 5.74) is 5.10. The van der Waals surface area contributed by atoms with E-state index in [2.05, 4.69) is 35.6 Å². The number of rotatable bonds is 7. The molecule has 7 nitrogen and oxygen atoms in total. The summed E-state index contributed by atoms with van der Waals surface area (Å²) in [6, 6.07) is 15.6. The van der Waals surface area contributed by atoms with Gasteiger partial charge < -0.3 is 16.1 Å². The molecule has 0 saturated heterocycles. The van der Waals surface area contributed by atoms with Crippen LogP contribution in [-0.2, 0) is 4.79 Å². The molecule has 0 bridgehead atoms. The van der Waals surface area contributed by atoms with Gasteiger partial charge in [0, 0.05) is 30.8 Å². The molecule has 0 aliphatic carbocycles. The molecule has 1 heterocycles. The van der Waals surface area contributed by atoms with Crippen molar-refractivity contribution >= 4 is 17.7 Å². The lowest BCUT2D eigenvalue weighted by Crippen LogP contribution is -2.34. The summed E-state index contributed by atoms with van der Waals surface area (Å²) in [6.45, 7) is 5.60. The molecule has 160 valence electrons. The SMILES string of the molecule is CCCN(CCC)C(=O)C1=Cc2ccc(-c3ccc(C#N)cc3)cc2NC(N=NN)C1. The summed E-state index contributed by atoms with van der Waals surface area (Å²) in [5.74, 6) is 5.37. The molecule has 1 aliphatic heterocycles. The van der Waals surface area contributed by atoms with Crippen LogP contribution in [0, 0.1) is 11.3 Å². The first-order valence-electron chi connectivity index (χ1n) is 10.6. The molecule has 0 saturated carbocycles. The zero-order valence-corrected chi connectivity index (χ0v) is 18.0. The van der Waals surface area contributed by atoms with E-state index in [1.165, 1.54) is 0 Å². The van der Waals surface area contributed by atoms with Crippen molar-refractivity contribution in [3.63, 3.8) is 0 Å². The largest absolute Gasteiger partial charge is 0.361 e. The second-order valence-corrected chi connectivity index (χ2v) is 7.55. The Labute approximate surface area is 183 Å². The molecule has 31 heavy (non-hydrogen) atoms. The number of nitriles is 1. The zero-order chi connectivity index (χ0) is 22.2. The first kappa shape index (κ1) is 22.0. The van der Waals surface area contributed by atoms with Gasteiger partial charge in [0.2, 0.25) is 5.91 Å².